The molecule has 2 aromatic rings. The Hall–Kier alpha value is -2.77. The molecule has 102 valence electrons. The number of aromatic carboxylic acids is 1. The molecule has 8 heteroatoms. The first-order chi connectivity index (χ1) is 9.65. The van der Waals surface area contributed by atoms with E-state index in [1.54, 1.807) is 11.2 Å². The summed E-state index contributed by atoms with van der Waals surface area (Å²) in [7, 11) is 0. The molecule has 1 aliphatic heterocycles. The molecule has 0 aliphatic carbocycles. The molecule has 0 bridgehead atoms. The number of hydrogen-bond donors (Lipinski definition) is 1. The molecule has 0 unspecified atom stereocenters. The van der Waals surface area contributed by atoms with Gasteiger partial charge in [-0.3, -0.25) is 4.79 Å². The molecule has 0 saturated heterocycles. The van der Waals surface area contributed by atoms with Crippen LogP contribution in [0.5, 0.6) is 0 Å². The molecule has 3 rings (SSSR count). The Labute approximate surface area is 113 Å². The fraction of sp³-hybridized carbons (Fsp3) is 0.250. The number of pyridine rings is 1. The molecule has 3 heterocycles. The van der Waals surface area contributed by atoms with Crippen molar-refractivity contribution >= 4 is 11.9 Å². The SMILES string of the molecule is O=C(O)c1ccc(C(=O)N2CCn3cnnc3C2)cn1. The van der Waals surface area contributed by atoms with E-state index in [0.29, 0.717) is 25.2 Å². The third kappa shape index (κ3) is 2.11. The van der Waals surface area contributed by atoms with Gasteiger partial charge in [0.25, 0.3) is 5.91 Å². The second kappa shape index (κ2) is 4.72. The Morgan fingerprint density at radius 2 is 2.10 bits per heavy atom. The lowest BCUT2D eigenvalue weighted by atomic mass is 10.2. The van der Waals surface area contributed by atoms with Crippen LogP contribution < -0.4 is 0 Å². The van der Waals surface area contributed by atoms with Gasteiger partial charge < -0.3 is 14.6 Å². The molecule has 1 aliphatic rings. The number of nitrogens with zero attached hydrogens (tertiary/aromatic N) is 5. The number of carbonyl (C=O) groups excluding carboxylic acids is 1. The van der Waals surface area contributed by atoms with Crippen LogP contribution in [-0.2, 0) is 13.1 Å². The maximum Gasteiger partial charge on any atom is 0.354 e. The third-order valence-electron chi connectivity index (χ3n) is 3.16. The number of carbonyl (C=O) groups is 2. The monoisotopic (exact) mass is 273 g/mol. The third-order valence-corrected chi connectivity index (χ3v) is 3.16. The highest BCUT2D eigenvalue weighted by atomic mass is 16.4. The summed E-state index contributed by atoms with van der Waals surface area (Å²) in [6.07, 6.45) is 2.92. The van der Waals surface area contributed by atoms with Crippen LogP contribution in [-0.4, -0.2) is 48.2 Å². The van der Waals surface area contributed by atoms with Gasteiger partial charge in [-0.25, -0.2) is 9.78 Å². The average molecular weight is 273 g/mol. The summed E-state index contributed by atoms with van der Waals surface area (Å²) in [6, 6.07) is 2.79. The van der Waals surface area contributed by atoms with Crippen LogP contribution in [0.4, 0.5) is 0 Å². The molecule has 0 aromatic carbocycles. The minimum atomic E-state index is -1.12. The van der Waals surface area contributed by atoms with E-state index >= 15 is 0 Å². The Balaban J connectivity index is 1.78. The number of hydrogen-bond acceptors (Lipinski definition) is 5. The Kier molecular flexibility index (Phi) is 2.90. The molecule has 0 atom stereocenters. The fourth-order valence-electron chi connectivity index (χ4n) is 2.07. The van der Waals surface area contributed by atoms with E-state index < -0.39 is 5.97 Å². The van der Waals surface area contributed by atoms with Crippen molar-refractivity contribution in [3.8, 4) is 0 Å². The molecule has 0 radical (unpaired) electrons. The van der Waals surface area contributed by atoms with Gasteiger partial charge >= 0.3 is 5.97 Å². The lowest BCUT2D eigenvalue weighted by Crippen LogP contribution is -2.38. The molecule has 8 nitrogen and oxygen atoms in total. The highest BCUT2D eigenvalue weighted by Gasteiger charge is 2.23. The zero-order valence-corrected chi connectivity index (χ0v) is 10.4. The molecule has 2 aromatic heterocycles. The average Bonchev–Trinajstić information content (AvgIpc) is 2.94. The quantitative estimate of drug-likeness (QED) is 0.828. The van der Waals surface area contributed by atoms with Crippen LogP contribution in [0.1, 0.15) is 26.7 Å². The van der Waals surface area contributed by atoms with Gasteiger partial charge in [-0.05, 0) is 12.1 Å². The second-order valence-electron chi connectivity index (χ2n) is 4.40. The molecular weight excluding hydrogens is 262 g/mol. The van der Waals surface area contributed by atoms with Crippen molar-refractivity contribution in [2.75, 3.05) is 6.54 Å². The first-order valence-corrected chi connectivity index (χ1v) is 6.00. The lowest BCUT2D eigenvalue weighted by Gasteiger charge is -2.27. The van der Waals surface area contributed by atoms with E-state index in [0.717, 1.165) is 5.82 Å². The van der Waals surface area contributed by atoms with Crippen molar-refractivity contribution in [3.05, 3.63) is 41.7 Å². The minimum Gasteiger partial charge on any atom is -0.477 e. The van der Waals surface area contributed by atoms with Crippen LogP contribution in [0.15, 0.2) is 24.7 Å². The molecule has 0 spiro atoms. The van der Waals surface area contributed by atoms with Crippen molar-refractivity contribution in [2.45, 2.75) is 13.1 Å². The first kappa shape index (κ1) is 12.3. The van der Waals surface area contributed by atoms with Crippen LogP contribution in [0.3, 0.4) is 0 Å². The van der Waals surface area contributed by atoms with Crippen molar-refractivity contribution in [3.63, 3.8) is 0 Å². The van der Waals surface area contributed by atoms with Crippen LogP contribution in [0.25, 0.3) is 0 Å². The standard InChI is InChI=1S/C12H11N5O3/c18-11(8-1-2-9(12(19)20)13-5-8)16-3-4-17-7-14-15-10(17)6-16/h1-2,5,7H,3-4,6H2,(H,19,20). The van der Waals surface area contributed by atoms with E-state index in [9.17, 15) is 9.59 Å². The maximum atomic E-state index is 12.3. The van der Waals surface area contributed by atoms with Gasteiger partial charge in [-0.1, -0.05) is 0 Å². The van der Waals surface area contributed by atoms with Crippen LogP contribution in [0.2, 0.25) is 0 Å². The van der Waals surface area contributed by atoms with E-state index in [1.165, 1.54) is 18.3 Å². The van der Waals surface area contributed by atoms with Crippen molar-refractivity contribution in [2.24, 2.45) is 0 Å². The topological polar surface area (TPSA) is 101 Å². The Morgan fingerprint density at radius 1 is 1.25 bits per heavy atom. The Bertz CT molecular complexity index is 664. The highest BCUT2D eigenvalue weighted by molar-refractivity contribution is 5.94. The lowest BCUT2D eigenvalue weighted by molar-refractivity contribution is 0.0681. The normalized spacial score (nSPS) is 13.9. The summed E-state index contributed by atoms with van der Waals surface area (Å²) in [6.45, 7) is 1.60. The van der Waals surface area contributed by atoms with Crippen LogP contribution >= 0.6 is 0 Å². The minimum absolute atomic E-state index is 0.0834. The summed E-state index contributed by atoms with van der Waals surface area (Å²) in [5.74, 6) is -0.571. The van der Waals surface area contributed by atoms with E-state index in [-0.39, 0.29) is 11.6 Å². The van der Waals surface area contributed by atoms with Crippen molar-refractivity contribution in [1.29, 1.82) is 0 Å². The number of amides is 1. The largest absolute Gasteiger partial charge is 0.477 e. The Morgan fingerprint density at radius 3 is 2.80 bits per heavy atom. The molecule has 1 N–H and O–H groups in total. The number of carboxylic acid groups (broad SMARTS) is 1. The maximum absolute atomic E-state index is 12.3. The fourth-order valence-corrected chi connectivity index (χ4v) is 2.07. The van der Waals surface area contributed by atoms with Gasteiger partial charge in [0.2, 0.25) is 0 Å². The zero-order chi connectivity index (χ0) is 14.1. The predicted molar refractivity (Wildman–Crippen MR) is 66.0 cm³/mol. The van der Waals surface area contributed by atoms with Gasteiger partial charge in [-0.15, -0.1) is 10.2 Å². The van der Waals surface area contributed by atoms with Gasteiger partial charge in [0.15, 0.2) is 5.82 Å². The summed E-state index contributed by atoms with van der Waals surface area (Å²) in [5, 5.41) is 16.5. The van der Waals surface area contributed by atoms with Crippen molar-refractivity contribution < 1.29 is 14.7 Å². The molecule has 1 amide bonds. The van der Waals surface area contributed by atoms with E-state index in [4.69, 9.17) is 5.11 Å². The smallest absolute Gasteiger partial charge is 0.354 e. The van der Waals surface area contributed by atoms with E-state index in [2.05, 4.69) is 15.2 Å². The van der Waals surface area contributed by atoms with Gasteiger partial charge in [0, 0.05) is 19.3 Å². The predicted octanol–water partition coefficient (Wildman–Crippen LogP) is 0.0273. The molecule has 20 heavy (non-hydrogen) atoms. The van der Waals surface area contributed by atoms with Crippen LogP contribution in [0, 0.1) is 0 Å². The summed E-state index contributed by atoms with van der Waals surface area (Å²) >= 11 is 0. The molecule has 0 fully saturated rings. The number of aromatic nitrogens is 4. The summed E-state index contributed by atoms with van der Waals surface area (Å²) < 4.78 is 1.90. The summed E-state index contributed by atoms with van der Waals surface area (Å²) in [4.78, 5) is 28.4. The van der Waals surface area contributed by atoms with E-state index in [1.807, 2.05) is 4.57 Å². The number of fused-ring (bicyclic) bond motifs is 1. The molecular formula is C12H11N5O3. The first-order valence-electron chi connectivity index (χ1n) is 6.00. The van der Waals surface area contributed by atoms with Crippen molar-refractivity contribution in [1.82, 2.24) is 24.6 Å². The highest BCUT2D eigenvalue weighted by Crippen LogP contribution is 2.13. The number of carboxylic acids is 1. The van der Waals surface area contributed by atoms with Gasteiger partial charge in [-0.2, -0.15) is 0 Å². The van der Waals surface area contributed by atoms with Gasteiger partial charge in [0.1, 0.15) is 12.0 Å². The van der Waals surface area contributed by atoms with Gasteiger partial charge in [0.05, 0.1) is 12.1 Å². The second-order valence-corrected chi connectivity index (χ2v) is 4.40. The zero-order valence-electron chi connectivity index (χ0n) is 10.4. The molecule has 0 saturated carbocycles. The summed E-state index contributed by atoms with van der Waals surface area (Å²) in [5.41, 5.74) is 0.280. The number of rotatable bonds is 2.